The molecule has 1 aromatic carbocycles. The van der Waals surface area contributed by atoms with Crippen molar-refractivity contribution in [2.75, 3.05) is 10.6 Å². The number of carbonyl (C=O) groups is 1. The van der Waals surface area contributed by atoms with Crippen LogP contribution in [0.5, 0.6) is 0 Å². The van der Waals surface area contributed by atoms with Crippen LogP contribution >= 0.6 is 11.6 Å². The second-order valence-electron chi connectivity index (χ2n) is 5.29. The fraction of sp³-hybridized carbons (Fsp3) is 0.118. The second kappa shape index (κ2) is 6.72. The molecule has 3 aromatic rings. The predicted molar refractivity (Wildman–Crippen MR) is 92.9 cm³/mol. The van der Waals surface area contributed by atoms with Crippen LogP contribution < -0.4 is 10.6 Å². The summed E-state index contributed by atoms with van der Waals surface area (Å²) < 4.78 is 4.98. The Morgan fingerprint density at radius 2 is 2.00 bits per heavy atom. The molecule has 0 unspecified atom stereocenters. The number of anilines is 3. The van der Waals surface area contributed by atoms with E-state index in [2.05, 4.69) is 20.8 Å². The molecule has 2 aromatic heterocycles. The highest BCUT2D eigenvalue weighted by Gasteiger charge is 2.10. The van der Waals surface area contributed by atoms with E-state index in [9.17, 15) is 4.79 Å². The fourth-order valence-electron chi connectivity index (χ4n) is 2.13. The number of hydrogen-bond donors (Lipinski definition) is 2. The average molecular weight is 343 g/mol. The Bertz CT molecular complexity index is 875. The lowest BCUT2D eigenvalue weighted by atomic mass is 10.2. The molecule has 2 heterocycles. The predicted octanol–water partition coefficient (Wildman–Crippen LogP) is 4.34. The average Bonchev–Trinajstić information content (AvgIpc) is 2.96. The van der Waals surface area contributed by atoms with Crippen LogP contribution in [0, 0.1) is 13.8 Å². The monoisotopic (exact) mass is 342 g/mol. The van der Waals surface area contributed by atoms with E-state index in [1.54, 1.807) is 42.6 Å². The Morgan fingerprint density at radius 1 is 1.17 bits per heavy atom. The van der Waals surface area contributed by atoms with E-state index in [1.807, 2.05) is 13.8 Å². The molecule has 122 valence electrons. The topological polar surface area (TPSA) is 80.0 Å². The zero-order chi connectivity index (χ0) is 17.1. The maximum atomic E-state index is 12.3. The molecule has 0 saturated heterocycles. The summed E-state index contributed by atoms with van der Waals surface area (Å²) in [6.45, 7) is 3.68. The number of pyridine rings is 1. The molecule has 2 N–H and O–H groups in total. The van der Waals surface area contributed by atoms with Gasteiger partial charge in [0.05, 0.1) is 11.9 Å². The Labute approximate surface area is 143 Å². The van der Waals surface area contributed by atoms with Gasteiger partial charge in [-0.25, -0.2) is 4.98 Å². The zero-order valence-corrected chi connectivity index (χ0v) is 13.9. The Balaban J connectivity index is 1.69. The first kappa shape index (κ1) is 16.0. The first-order chi connectivity index (χ1) is 11.5. The maximum Gasteiger partial charge on any atom is 0.274 e. The largest absolute Gasteiger partial charge is 0.360 e. The lowest BCUT2D eigenvalue weighted by Gasteiger charge is -2.09. The highest BCUT2D eigenvalue weighted by atomic mass is 35.5. The van der Waals surface area contributed by atoms with Gasteiger partial charge in [0.2, 0.25) is 0 Å². The van der Waals surface area contributed by atoms with Gasteiger partial charge in [0.1, 0.15) is 11.5 Å². The SMILES string of the molecule is Cc1cc(Nc2ccc(C(=O)Nc3ccc(Cl)cc3C)nc2)no1. The zero-order valence-electron chi connectivity index (χ0n) is 13.1. The number of carbonyl (C=O) groups excluding carboxylic acids is 1. The van der Waals surface area contributed by atoms with Crippen molar-refractivity contribution in [1.82, 2.24) is 10.1 Å². The van der Waals surface area contributed by atoms with Crippen LogP contribution in [0.15, 0.2) is 47.1 Å². The van der Waals surface area contributed by atoms with Gasteiger partial charge in [0.25, 0.3) is 5.91 Å². The molecule has 0 aliphatic heterocycles. The van der Waals surface area contributed by atoms with E-state index in [4.69, 9.17) is 16.1 Å². The highest BCUT2D eigenvalue weighted by molar-refractivity contribution is 6.30. The van der Waals surface area contributed by atoms with Crippen molar-refractivity contribution >= 4 is 34.7 Å². The van der Waals surface area contributed by atoms with Crippen LogP contribution in [-0.4, -0.2) is 16.0 Å². The molecule has 24 heavy (non-hydrogen) atoms. The first-order valence-electron chi connectivity index (χ1n) is 7.25. The molecule has 0 radical (unpaired) electrons. The summed E-state index contributed by atoms with van der Waals surface area (Å²) in [6, 6.07) is 10.4. The fourth-order valence-corrected chi connectivity index (χ4v) is 2.36. The second-order valence-corrected chi connectivity index (χ2v) is 5.73. The third-order valence-electron chi connectivity index (χ3n) is 3.33. The van der Waals surface area contributed by atoms with Gasteiger partial charge >= 0.3 is 0 Å². The summed E-state index contributed by atoms with van der Waals surface area (Å²) in [6.07, 6.45) is 1.56. The van der Waals surface area contributed by atoms with Gasteiger partial charge in [0, 0.05) is 16.8 Å². The van der Waals surface area contributed by atoms with Crippen molar-refractivity contribution in [3.63, 3.8) is 0 Å². The van der Waals surface area contributed by atoms with E-state index >= 15 is 0 Å². The van der Waals surface area contributed by atoms with Crippen LogP contribution in [0.25, 0.3) is 0 Å². The van der Waals surface area contributed by atoms with Gasteiger partial charge in [-0.15, -0.1) is 0 Å². The lowest BCUT2D eigenvalue weighted by Crippen LogP contribution is -2.14. The molecule has 0 fully saturated rings. The molecule has 0 bridgehead atoms. The minimum Gasteiger partial charge on any atom is -0.360 e. The van der Waals surface area contributed by atoms with Crippen LogP contribution in [0.3, 0.4) is 0 Å². The van der Waals surface area contributed by atoms with E-state index in [0.29, 0.717) is 33.7 Å². The standard InChI is InChI=1S/C17H15ClN4O2/c1-10-7-12(18)3-5-14(10)21-17(23)15-6-4-13(9-19-15)20-16-8-11(2)24-22-16/h3-9H,1-2H3,(H,20,22)(H,21,23). The van der Waals surface area contributed by atoms with Crippen molar-refractivity contribution < 1.29 is 9.32 Å². The number of nitrogens with zero attached hydrogens (tertiary/aromatic N) is 2. The third kappa shape index (κ3) is 3.72. The molecule has 6 nitrogen and oxygen atoms in total. The molecule has 1 amide bonds. The minimum absolute atomic E-state index is 0.288. The van der Waals surface area contributed by atoms with Crippen LogP contribution in [0.2, 0.25) is 5.02 Å². The minimum atomic E-state index is -0.288. The molecule has 0 atom stereocenters. The Kier molecular flexibility index (Phi) is 4.48. The van der Waals surface area contributed by atoms with Gasteiger partial charge < -0.3 is 15.2 Å². The lowest BCUT2D eigenvalue weighted by molar-refractivity contribution is 0.102. The summed E-state index contributed by atoms with van der Waals surface area (Å²) >= 11 is 5.91. The summed E-state index contributed by atoms with van der Waals surface area (Å²) in [5.74, 6) is 1.01. The third-order valence-corrected chi connectivity index (χ3v) is 3.57. The normalized spacial score (nSPS) is 10.5. The van der Waals surface area contributed by atoms with Gasteiger partial charge in [-0.3, -0.25) is 4.79 Å². The number of aromatic nitrogens is 2. The van der Waals surface area contributed by atoms with Crippen molar-refractivity contribution in [2.24, 2.45) is 0 Å². The van der Waals surface area contributed by atoms with Crippen molar-refractivity contribution in [2.45, 2.75) is 13.8 Å². The van der Waals surface area contributed by atoms with Crippen LogP contribution in [0.1, 0.15) is 21.8 Å². The summed E-state index contributed by atoms with van der Waals surface area (Å²) in [4.78, 5) is 16.4. The number of amides is 1. The number of rotatable bonds is 4. The van der Waals surface area contributed by atoms with Crippen molar-refractivity contribution in [1.29, 1.82) is 0 Å². The van der Waals surface area contributed by atoms with Gasteiger partial charge in [-0.1, -0.05) is 16.8 Å². The molecule has 0 aliphatic rings. The molecule has 0 saturated carbocycles. The number of aryl methyl sites for hydroxylation is 2. The molecular weight excluding hydrogens is 328 g/mol. The number of halogens is 1. The van der Waals surface area contributed by atoms with E-state index in [1.165, 1.54) is 0 Å². The smallest absolute Gasteiger partial charge is 0.274 e. The number of nitrogens with one attached hydrogen (secondary N) is 2. The molecule has 3 rings (SSSR count). The van der Waals surface area contributed by atoms with Gasteiger partial charge in [-0.05, 0) is 49.7 Å². The van der Waals surface area contributed by atoms with Crippen molar-refractivity contribution in [3.8, 4) is 0 Å². The molecule has 7 heteroatoms. The highest BCUT2D eigenvalue weighted by Crippen LogP contribution is 2.20. The van der Waals surface area contributed by atoms with E-state index in [0.717, 1.165) is 5.56 Å². The van der Waals surface area contributed by atoms with Crippen molar-refractivity contribution in [3.05, 3.63) is 64.6 Å². The maximum absolute atomic E-state index is 12.3. The quantitative estimate of drug-likeness (QED) is 0.737. The Morgan fingerprint density at radius 3 is 2.62 bits per heavy atom. The number of benzene rings is 1. The van der Waals surface area contributed by atoms with E-state index in [-0.39, 0.29) is 5.91 Å². The van der Waals surface area contributed by atoms with Gasteiger partial charge in [0.15, 0.2) is 5.82 Å². The molecular formula is C17H15ClN4O2. The summed E-state index contributed by atoms with van der Waals surface area (Å²) in [7, 11) is 0. The number of hydrogen-bond acceptors (Lipinski definition) is 5. The summed E-state index contributed by atoms with van der Waals surface area (Å²) in [5, 5.41) is 10.3. The first-order valence-corrected chi connectivity index (χ1v) is 7.63. The van der Waals surface area contributed by atoms with Gasteiger partial charge in [-0.2, -0.15) is 0 Å². The van der Waals surface area contributed by atoms with Crippen LogP contribution in [0.4, 0.5) is 17.2 Å². The summed E-state index contributed by atoms with van der Waals surface area (Å²) in [5.41, 5.74) is 2.61. The van der Waals surface area contributed by atoms with Crippen LogP contribution in [-0.2, 0) is 0 Å². The Hall–Kier alpha value is -2.86. The molecule has 0 spiro atoms. The van der Waals surface area contributed by atoms with E-state index < -0.39 is 0 Å². The molecule has 0 aliphatic carbocycles.